The summed E-state index contributed by atoms with van der Waals surface area (Å²) in [6.07, 6.45) is 0.118. The second-order valence-corrected chi connectivity index (χ2v) is 3.88. The van der Waals surface area contributed by atoms with Crippen molar-refractivity contribution >= 4 is 23.2 Å². The van der Waals surface area contributed by atoms with Gasteiger partial charge in [0.2, 0.25) is 11.8 Å². The van der Waals surface area contributed by atoms with E-state index in [0.717, 1.165) is 11.0 Å². The first kappa shape index (κ1) is 10.6. The Morgan fingerprint density at radius 3 is 2.69 bits per heavy atom. The number of benzene rings is 1. The first-order chi connectivity index (χ1) is 7.50. The highest BCUT2D eigenvalue weighted by atomic mass is 19.1. The highest BCUT2D eigenvalue weighted by Gasteiger charge is 2.37. The Balaban J connectivity index is 2.48. The largest absolute Gasteiger partial charge is 0.399 e. The van der Waals surface area contributed by atoms with Crippen molar-refractivity contribution in [3.8, 4) is 0 Å². The predicted octanol–water partition coefficient (Wildman–Crippen LogP) is 1.31. The van der Waals surface area contributed by atoms with Crippen LogP contribution in [0.1, 0.15) is 13.3 Å². The maximum absolute atomic E-state index is 13.5. The van der Waals surface area contributed by atoms with Gasteiger partial charge in [0.25, 0.3) is 0 Å². The Morgan fingerprint density at radius 2 is 2.12 bits per heavy atom. The van der Waals surface area contributed by atoms with Gasteiger partial charge in [-0.3, -0.25) is 9.59 Å². The molecule has 1 aliphatic rings. The number of amides is 2. The molecule has 0 spiro atoms. The maximum atomic E-state index is 13.5. The second kappa shape index (κ2) is 3.59. The molecule has 84 valence electrons. The summed E-state index contributed by atoms with van der Waals surface area (Å²) >= 11 is 0. The van der Waals surface area contributed by atoms with Crippen LogP contribution in [-0.4, -0.2) is 11.8 Å². The molecular formula is C11H11FN2O2. The molecule has 1 fully saturated rings. The van der Waals surface area contributed by atoms with Crippen molar-refractivity contribution in [2.24, 2.45) is 5.92 Å². The molecular weight excluding hydrogens is 211 g/mol. The van der Waals surface area contributed by atoms with E-state index in [9.17, 15) is 14.0 Å². The van der Waals surface area contributed by atoms with E-state index < -0.39 is 11.7 Å². The summed E-state index contributed by atoms with van der Waals surface area (Å²) in [7, 11) is 0. The molecule has 0 aromatic heterocycles. The Morgan fingerprint density at radius 1 is 1.44 bits per heavy atom. The van der Waals surface area contributed by atoms with Crippen LogP contribution in [0, 0.1) is 11.7 Å². The van der Waals surface area contributed by atoms with Crippen LogP contribution in [0.2, 0.25) is 0 Å². The standard InChI is InChI=1S/C11H11FN2O2/c1-6-4-10(15)14(11(6)16)9-5-7(13)2-3-8(9)12/h2-3,5-6H,4,13H2,1H3. The average Bonchev–Trinajstić information content (AvgIpc) is 2.46. The Labute approximate surface area is 91.8 Å². The highest BCUT2D eigenvalue weighted by molar-refractivity contribution is 6.20. The van der Waals surface area contributed by atoms with Gasteiger partial charge in [0.1, 0.15) is 5.82 Å². The minimum Gasteiger partial charge on any atom is -0.399 e. The molecule has 2 N–H and O–H groups in total. The van der Waals surface area contributed by atoms with Gasteiger partial charge in [-0.1, -0.05) is 6.92 Å². The average molecular weight is 222 g/mol. The lowest BCUT2D eigenvalue weighted by atomic mass is 10.1. The van der Waals surface area contributed by atoms with E-state index in [1.165, 1.54) is 12.1 Å². The maximum Gasteiger partial charge on any atom is 0.237 e. The van der Waals surface area contributed by atoms with Crippen molar-refractivity contribution in [2.75, 3.05) is 10.6 Å². The lowest BCUT2D eigenvalue weighted by Gasteiger charge is -2.15. The number of nitrogens with zero attached hydrogens (tertiary/aromatic N) is 1. The number of anilines is 2. The Bertz CT molecular complexity index is 473. The van der Waals surface area contributed by atoms with Gasteiger partial charge in [0.05, 0.1) is 5.69 Å². The minimum atomic E-state index is -0.620. The van der Waals surface area contributed by atoms with Crippen molar-refractivity contribution in [3.05, 3.63) is 24.0 Å². The molecule has 0 saturated carbocycles. The topological polar surface area (TPSA) is 63.4 Å². The van der Waals surface area contributed by atoms with E-state index in [1.54, 1.807) is 6.92 Å². The molecule has 1 aromatic carbocycles. The quantitative estimate of drug-likeness (QED) is 0.575. The van der Waals surface area contributed by atoms with E-state index in [4.69, 9.17) is 5.73 Å². The molecule has 5 heteroatoms. The summed E-state index contributed by atoms with van der Waals surface area (Å²) < 4.78 is 13.5. The van der Waals surface area contributed by atoms with Gasteiger partial charge in [-0.05, 0) is 18.2 Å². The van der Waals surface area contributed by atoms with Crippen LogP contribution in [-0.2, 0) is 9.59 Å². The van der Waals surface area contributed by atoms with Gasteiger partial charge >= 0.3 is 0 Å². The molecule has 1 aliphatic heterocycles. The molecule has 1 atom stereocenters. The van der Waals surface area contributed by atoms with Crippen LogP contribution in [0.3, 0.4) is 0 Å². The number of nitrogens with two attached hydrogens (primary N) is 1. The monoisotopic (exact) mass is 222 g/mol. The summed E-state index contributed by atoms with van der Waals surface area (Å²) in [6, 6.07) is 3.82. The van der Waals surface area contributed by atoms with Crippen molar-refractivity contribution in [3.63, 3.8) is 0 Å². The number of carbonyl (C=O) groups is 2. The lowest BCUT2D eigenvalue weighted by molar-refractivity contribution is -0.122. The smallest absolute Gasteiger partial charge is 0.237 e. The molecule has 4 nitrogen and oxygen atoms in total. The zero-order valence-electron chi connectivity index (χ0n) is 8.74. The molecule has 1 saturated heterocycles. The molecule has 2 amide bonds. The van der Waals surface area contributed by atoms with E-state index in [1.807, 2.05) is 0 Å². The summed E-state index contributed by atoms with van der Waals surface area (Å²) in [5.41, 5.74) is 5.76. The fourth-order valence-electron chi connectivity index (χ4n) is 1.74. The summed E-state index contributed by atoms with van der Waals surface area (Å²) in [6.45, 7) is 1.64. The van der Waals surface area contributed by atoms with E-state index in [0.29, 0.717) is 5.69 Å². The Kier molecular flexibility index (Phi) is 2.38. The lowest BCUT2D eigenvalue weighted by Crippen LogP contribution is -2.30. The molecule has 0 bridgehead atoms. The number of hydrogen-bond acceptors (Lipinski definition) is 3. The summed E-state index contributed by atoms with van der Waals surface area (Å²) in [4.78, 5) is 24.1. The van der Waals surface area contributed by atoms with Crippen LogP contribution in [0.4, 0.5) is 15.8 Å². The van der Waals surface area contributed by atoms with Crippen molar-refractivity contribution in [1.82, 2.24) is 0 Å². The van der Waals surface area contributed by atoms with Gasteiger partial charge < -0.3 is 5.73 Å². The molecule has 0 radical (unpaired) electrons. The van der Waals surface area contributed by atoms with Crippen LogP contribution >= 0.6 is 0 Å². The van der Waals surface area contributed by atoms with Crippen molar-refractivity contribution in [2.45, 2.75) is 13.3 Å². The van der Waals surface area contributed by atoms with Gasteiger partial charge in [-0.2, -0.15) is 0 Å². The predicted molar refractivity (Wildman–Crippen MR) is 57.1 cm³/mol. The number of nitrogen functional groups attached to an aromatic ring is 1. The fraction of sp³-hybridized carbons (Fsp3) is 0.273. The van der Waals surface area contributed by atoms with Gasteiger partial charge in [-0.25, -0.2) is 9.29 Å². The number of hydrogen-bond donors (Lipinski definition) is 1. The third-order valence-electron chi connectivity index (χ3n) is 2.58. The molecule has 1 unspecified atom stereocenters. The SMILES string of the molecule is CC1CC(=O)N(c2cc(N)ccc2F)C1=O. The second-order valence-electron chi connectivity index (χ2n) is 3.88. The Hall–Kier alpha value is -1.91. The molecule has 16 heavy (non-hydrogen) atoms. The fourth-order valence-corrected chi connectivity index (χ4v) is 1.74. The summed E-state index contributed by atoms with van der Waals surface area (Å²) in [5.74, 6) is -1.78. The third-order valence-corrected chi connectivity index (χ3v) is 2.58. The van der Waals surface area contributed by atoms with Crippen LogP contribution in [0.25, 0.3) is 0 Å². The van der Waals surface area contributed by atoms with Crippen molar-refractivity contribution in [1.29, 1.82) is 0 Å². The zero-order chi connectivity index (χ0) is 11.9. The third kappa shape index (κ3) is 1.54. The van der Waals surface area contributed by atoms with E-state index in [-0.39, 0.29) is 23.9 Å². The van der Waals surface area contributed by atoms with Gasteiger partial charge in [0, 0.05) is 18.0 Å². The molecule has 0 aliphatic carbocycles. The normalized spacial score (nSPS) is 20.6. The van der Waals surface area contributed by atoms with Crippen LogP contribution in [0.5, 0.6) is 0 Å². The number of halogens is 1. The number of rotatable bonds is 1. The van der Waals surface area contributed by atoms with Gasteiger partial charge in [0.15, 0.2) is 0 Å². The molecule has 1 aromatic rings. The summed E-state index contributed by atoms with van der Waals surface area (Å²) in [5, 5.41) is 0. The van der Waals surface area contributed by atoms with Crippen molar-refractivity contribution < 1.29 is 14.0 Å². The zero-order valence-corrected chi connectivity index (χ0v) is 8.74. The first-order valence-electron chi connectivity index (χ1n) is 4.92. The first-order valence-corrected chi connectivity index (χ1v) is 4.92. The van der Waals surface area contributed by atoms with Crippen LogP contribution in [0.15, 0.2) is 18.2 Å². The van der Waals surface area contributed by atoms with E-state index >= 15 is 0 Å². The van der Waals surface area contributed by atoms with Gasteiger partial charge in [-0.15, -0.1) is 0 Å². The van der Waals surface area contributed by atoms with E-state index in [2.05, 4.69) is 0 Å². The molecule has 1 heterocycles. The minimum absolute atomic E-state index is 0.0562. The van der Waals surface area contributed by atoms with Crippen LogP contribution < -0.4 is 10.6 Å². The number of imide groups is 1. The molecule has 2 rings (SSSR count). The number of carbonyl (C=O) groups excluding carboxylic acids is 2. The highest BCUT2D eigenvalue weighted by Crippen LogP contribution is 2.29.